The molecule has 2 amide bonds. The maximum absolute atomic E-state index is 12.2. The zero-order valence-electron chi connectivity index (χ0n) is 19.9. The summed E-state index contributed by atoms with van der Waals surface area (Å²) in [5, 5.41) is 12.9. The molecule has 4 aromatic rings. The van der Waals surface area contributed by atoms with E-state index in [0.29, 0.717) is 6.42 Å². The van der Waals surface area contributed by atoms with E-state index in [9.17, 15) is 9.59 Å². The third-order valence-corrected chi connectivity index (χ3v) is 5.86. The highest BCUT2D eigenvalue weighted by Crippen LogP contribution is 2.20. The van der Waals surface area contributed by atoms with E-state index in [1.807, 2.05) is 98.8 Å². The third-order valence-electron chi connectivity index (χ3n) is 5.86. The molecule has 4 rings (SSSR count). The topological polar surface area (TPSA) is 82.9 Å². The first kappa shape index (κ1) is 23.8. The Morgan fingerprint density at radius 1 is 0.600 bits per heavy atom. The zero-order valence-corrected chi connectivity index (χ0v) is 19.9. The molecule has 0 saturated carbocycles. The van der Waals surface area contributed by atoms with E-state index in [2.05, 4.69) is 21.1 Å². The minimum absolute atomic E-state index is 0.200. The van der Waals surface area contributed by atoms with Gasteiger partial charge in [0.2, 0.25) is 11.8 Å². The number of fused-ring (bicyclic) bond motifs is 2. The predicted molar refractivity (Wildman–Crippen MR) is 142 cm³/mol. The Morgan fingerprint density at radius 2 is 1.00 bits per heavy atom. The lowest BCUT2D eigenvalue weighted by Gasteiger charge is -2.07. The summed E-state index contributed by atoms with van der Waals surface area (Å²) in [6, 6.07) is 28.1. The average Bonchev–Trinajstić information content (AvgIpc) is 2.89. The summed E-state index contributed by atoms with van der Waals surface area (Å²) in [4.78, 5) is 24.4. The Hall–Kier alpha value is -4.32. The molecule has 35 heavy (non-hydrogen) atoms. The number of benzene rings is 4. The van der Waals surface area contributed by atoms with Crippen LogP contribution < -0.4 is 10.9 Å². The van der Waals surface area contributed by atoms with Crippen LogP contribution in [0.4, 0.5) is 0 Å². The quantitative estimate of drug-likeness (QED) is 0.265. The third kappa shape index (κ3) is 5.98. The molecule has 6 heteroatoms. The number of hydrogen-bond donors (Lipinski definition) is 2. The molecule has 0 aliphatic rings. The summed E-state index contributed by atoms with van der Waals surface area (Å²) < 4.78 is 0. The van der Waals surface area contributed by atoms with Crippen molar-refractivity contribution in [2.45, 2.75) is 33.1 Å². The molecule has 0 aliphatic carbocycles. The lowest BCUT2D eigenvalue weighted by Crippen LogP contribution is -2.22. The van der Waals surface area contributed by atoms with E-state index >= 15 is 0 Å². The Balaban J connectivity index is 1.26. The molecular formula is C29H28N4O2. The van der Waals surface area contributed by atoms with Crippen LogP contribution in [0.25, 0.3) is 21.5 Å². The number of rotatable bonds is 8. The second-order valence-corrected chi connectivity index (χ2v) is 8.37. The molecule has 0 atom stereocenters. The van der Waals surface area contributed by atoms with Gasteiger partial charge in [-0.15, -0.1) is 0 Å². The van der Waals surface area contributed by atoms with Crippen LogP contribution in [-0.2, 0) is 9.59 Å². The van der Waals surface area contributed by atoms with E-state index < -0.39 is 0 Å². The molecule has 0 heterocycles. The number of nitrogens with one attached hydrogen (secondary N) is 2. The molecule has 0 unspecified atom stereocenters. The first-order chi connectivity index (χ1) is 17.0. The molecule has 0 aromatic heterocycles. The van der Waals surface area contributed by atoms with Crippen molar-refractivity contribution in [2.24, 2.45) is 10.2 Å². The Bertz CT molecular complexity index is 1320. The van der Waals surface area contributed by atoms with Gasteiger partial charge < -0.3 is 0 Å². The number of hydrazone groups is 2. The fraction of sp³-hybridized carbons (Fsp3) is 0.172. The van der Waals surface area contributed by atoms with Crippen LogP contribution in [0.2, 0.25) is 0 Å². The van der Waals surface area contributed by atoms with Crippen LogP contribution in [0, 0.1) is 0 Å². The fourth-order valence-corrected chi connectivity index (χ4v) is 4.02. The van der Waals surface area contributed by atoms with E-state index in [1.54, 1.807) is 0 Å². The Kier molecular flexibility index (Phi) is 7.63. The molecule has 6 nitrogen and oxygen atoms in total. The van der Waals surface area contributed by atoms with E-state index in [1.165, 1.54) is 0 Å². The van der Waals surface area contributed by atoms with E-state index in [4.69, 9.17) is 0 Å². The molecule has 0 spiro atoms. The van der Waals surface area contributed by atoms with Gasteiger partial charge in [0.25, 0.3) is 0 Å². The minimum Gasteiger partial charge on any atom is -0.273 e. The van der Waals surface area contributed by atoms with Crippen molar-refractivity contribution in [3.05, 3.63) is 96.1 Å². The van der Waals surface area contributed by atoms with Crippen molar-refractivity contribution in [3.63, 3.8) is 0 Å². The number of hydrogen-bond acceptors (Lipinski definition) is 4. The van der Waals surface area contributed by atoms with Gasteiger partial charge in [-0.05, 0) is 41.8 Å². The van der Waals surface area contributed by atoms with Gasteiger partial charge in [-0.2, -0.15) is 10.2 Å². The Labute approximate surface area is 204 Å². The Morgan fingerprint density at radius 3 is 1.46 bits per heavy atom. The monoisotopic (exact) mass is 464 g/mol. The van der Waals surface area contributed by atoms with Gasteiger partial charge in [-0.25, -0.2) is 10.9 Å². The largest absolute Gasteiger partial charge is 0.273 e. The fourth-order valence-electron chi connectivity index (χ4n) is 4.02. The van der Waals surface area contributed by atoms with Crippen molar-refractivity contribution in [1.82, 2.24) is 10.9 Å². The minimum atomic E-state index is -0.229. The smallest absolute Gasteiger partial charge is 0.240 e. The molecule has 176 valence electrons. The summed E-state index contributed by atoms with van der Waals surface area (Å²) >= 11 is 0. The van der Waals surface area contributed by atoms with Crippen LogP contribution >= 0.6 is 0 Å². The number of carbonyl (C=O) groups excluding carboxylic acids is 2. The van der Waals surface area contributed by atoms with Gasteiger partial charge in [0.05, 0.1) is 11.4 Å². The van der Waals surface area contributed by atoms with Crippen LogP contribution in [-0.4, -0.2) is 23.2 Å². The van der Waals surface area contributed by atoms with E-state index in [-0.39, 0.29) is 24.7 Å². The first-order valence-corrected chi connectivity index (χ1v) is 11.7. The maximum Gasteiger partial charge on any atom is 0.240 e. The molecule has 0 aliphatic heterocycles. The second kappa shape index (κ2) is 11.2. The standard InChI is InChI=1S/C29H28N4O2/c1-20(24-16-7-12-22-10-3-5-14-26(22)24)30-32-28(34)18-9-19-29(35)33-31-21(2)25-17-8-13-23-11-4-6-15-27(23)25/h3-8,10-17H,9,18-19H2,1-2H3,(H,32,34)(H,33,35). The number of carbonyl (C=O) groups is 2. The highest BCUT2D eigenvalue weighted by molar-refractivity contribution is 6.10. The average molecular weight is 465 g/mol. The highest BCUT2D eigenvalue weighted by atomic mass is 16.2. The molecular weight excluding hydrogens is 436 g/mol. The summed E-state index contributed by atoms with van der Waals surface area (Å²) in [5.41, 5.74) is 8.60. The summed E-state index contributed by atoms with van der Waals surface area (Å²) in [6.07, 6.45) is 0.806. The van der Waals surface area contributed by atoms with Crippen LogP contribution in [0.1, 0.15) is 44.2 Å². The van der Waals surface area contributed by atoms with Gasteiger partial charge in [0, 0.05) is 24.0 Å². The predicted octanol–water partition coefficient (Wildman–Crippen LogP) is 5.54. The summed E-state index contributed by atoms with van der Waals surface area (Å²) in [6.45, 7) is 3.73. The first-order valence-electron chi connectivity index (χ1n) is 11.7. The number of nitrogens with zero attached hydrogens (tertiary/aromatic N) is 2. The molecule has 2 N–H and O–H groups in total. The van der Waals surface area contributed by atoms with Crippen LogP contribution in [0.3, 0.4) is 0 Å². The second-order valence-electron chi connectivity index (χ2n) is 8.37. The van der Waals surface area contributed by atoms with Gasteiger partial charge in [0.1, 0.15) is 0 Å². The van der Waals surface area contributed by atoms with Crippen molar-refractivity contribution in [3.8, 4) is 0 Å². The summed E-state index contributed by atoms with van der Waals surface area (Å²) in [5.74, 6) is -0.458. The maximum atomic E-state index is 12.2. The molecule has 0 saturated heterocycles. The SMILES string of the molecule is CC(=NNC(=O)CCCC(=O)NN=C(C)c1cccc2ccccc12)c1cccc2ccccc12. The van der Waals surface area contributed by atoms with Crippen molar-refractivity contribution in [1.29, 1.82) is 0 Å². The van der Waals surface area contributed by atoms with Gasteiger partial charge in [-0.3, -0.25) is 9.59 Å². The number of amides is 2. The van der Waals surface area contributed by atoms with Crippen molar-refractivity contribution >= 4 is 44.8 Å². The lowest BCUT2D eigenvalue weighted by molar-refractivity contribution is -0.122. The molecule has 0 radical (unpaired) electrons. The van der Waals surface area contributed by atoms with Gasteiger partial charge in [0.15, 0.2) is 0 Å². The van der Waals surface area contributed by atoms with Crippen LogP contribution in [0.15, 0.2) is 95.1 Å². The van der Waals surface area contributed by atoms with Crippen LogP contribution in [0.5, 0.6) is 0 Å². The van der Waals surface area contributed by atoms with Crippen molar-refractivity contribution in [2.75, 3.05) is 0 Å². The summed E-state index contributed by atoms with van der Waals surface area (Å²) in [7, 11) is 0. The van der Waals surface area contributed by atoms with Crippen molar-refractivity contribution < 1.29 is 9.59 Å². The lowest BCUT2D eigenvalue weighted by atomic mass is 10.0. The normalized spacial score (nSPS) is 12.1. The van der Waals surface area contributed by atoms with Gasteiger partial charge in [-0.1, -0.05) is 84.9 Å². The highest BCUT2D eigenvalue weighted by Gasteiger charge is 2.08. The molecule has 0 fully saturated rings. The molecule has 4 aromatic carbocycles. The van der Waals surface area contributed by atoms with E-state index in [0.717, 1.165) is 44.1 Å². The van der Waals surface area contributed by atoms with Gasteiger partial charge >= 0.3 is 0 Å². The zero-order chi connectivity index (χ0) is 24.6. The molecule has 0 bridgehead atoms.